The van der Waals surface area contributed by atoms with Crippen LogP contribution >= 0.6 is 0 Å². The first kappa shape index (κ1) is 12.9. The zero-order chi connectivity index (χ0) is 13.2. The highest BCUT2D eigenvalue weighted by molar-refractivity contribution is 7.92. The molecule has 0 spiro atoms. The van der Waals surface area contributed by atoms with Crippen molar-refractivity contribution in [1.29, 1.82) is 0 Å². The Hall–Kier alpha value is -2.16. The van der Waals surface area contributed by atoms with E-state index in [9.17, 15) is 23.3 Å². The lowest BCUT2D eigenvalue weighted by Crippen LogP contribution is -2.13. The van der Waals surface area contributed by atoms with Crippen molar-refractivity contribution in [2.45, 2.75) is 0 Å². The first-order valence-corrected chi connectivity index (χ1v) is 6.09. The predicted octanol–water partition coefficient (Wildman–Crippen LogP) is 0.664. The predicted molar refractivity (Wildman–Crippen MR) is 58.5 cm³/mol. The maximum Gasteiger partial charge on any atom is 0.338 e. The van der Waals surface area contributed by atoms with Crippen LogP contribution in [-0.2, 0) is 10.0 Å². The van der Waals surface area contributed by atoms with Gasteiger partial charge in [0.15, 0.2) is 0 Å². The topological polar surface area (TPSA) is 127 Å². The molecular weight excluding hydrogens is 252 g/mol. The van der Waals surface area contributed by atoms with Crippen LogP contribution < -0.4 is 4.72 Å². The Morgan fingerprint density at radius 2 is 2.06 bits per heavy atom. The normalized spacial score (nSPS) is 10.9. The maximum atomic E-state index is 11.0. The summed E-state index contributed by atoms with van der Waals surface area (Å²) < 4.78 is 23.9. The number of nitro benzene ring substituents is 1. The molecule has 0 saturated carbocycles. The number of non-ortho nitro benzene ring substituents is 1. The van der Waals surface area contributed by atoms with Crippen molar-refractivity contribution in [3.8, 4) is 0 Å². The molecule has 0 aliphatic rings. The van der Waals surface area contributed by atoms with Crippen LogP contribution in [0.3, 0.4) is 0 Å². The highest BCUT2D eigenvalue weighted by atomic mass is 32.2. The number of carboxylic acids is 1. The zero-order valence-electron chi connectivity index (χ0n) is 8.58. The standard InChI is InChI=1S/C8H8N2O6S/c1-17(15,16)9-7-3-2-5(10(13)14)4-6(7)8(11)12/h2-4,9H,1H3,(H,11,12). The molecule has 0 saturated heterocycles. The van der Waals surface area contributed by atoms with Gasteiger partial charge in [0.1, 0.15) is 0 Å². The molecule has 0 aromatic heterocycles. The minimum atomic E-state index is -3.65. The van der Waals surface area contributed by atoms with Crippen LogP contribution in [0.15, 0.2) is 18.2 Å². The van der Waals surface area contributed by atoms with Gasteiger partial charge in [0, 0.05) is 12.1 Å². The third kappa shape index (κ3) is 3.41. The van der Waals surface area contributed by atoms with E-state index < -0.39 is 32.2 Å². The molecule has 0 amide bonds. The molecule has 0 atom stereocenters. The highest BCUT2D eigenvalue weighted by Crippen LogP contribution is 2.22. The van der Waals surface area contributed by atoms with Crippen LogP contribution in [-0.4, -0.2) is 30.7 Å². The number of rotatable bonds is 4. The number of sulfonamides is 1. The van der Waals surface area contributed by atoms with E-state index in [2.05, 4.69) is 0 Å². The van der Waals surface area contributed by atoms with E-state index >= 15 is 0 Å². The number of hydrogen-bond donors (Lipinski definition) is 2. The Morgan fingerprint density at radius 1 is 1.47 bits per heavy atom. The molecule has 0 aliphatic carbocycles. The van der Waals surface area contributed by atoms with Gasteiger partial charge in [-0.1, -0.05) is 0 Å². The molecule has 1 aromatic carbocycles. The van der Waals surface area contributed by atoms with Crippen LogP contribution in [0, 0.1) is 10.1 Å². The smallest absolute Gasteiger partial charge is 0.338 e. The van der Waals surface area contributed by atoms with Gasteiger partial charge in [-0.15, -0.1) is 0 Å². The molecule has 8 nitrogen and oxygen atoms in total. The number of anilines is 1. The largest absolute Gasteiger partial charge is 0.478 e. The van der Waals surface area contributed by atoms with Gasteiger partial charge in [-0.2, -0.15) is 0 Å². The van der Waals surface area contributed by atoms with E-state index in [0.717, 1.165) is 24.5 Å². The molecule has 17 heavy (non-hydrogen) atoms. The minimum Gasteiger partial charge on any atom is -0.478 e. The molecule has 1 rings (SSSR count). The van der Waals surface area contributed by atoms with Gasteiger partial charge in [-0.3, -0.25) is 14.8 Å². The number of carbonyl (C=O) groups is 1. The second-order valence-electron chi connectivity index (χ2n) is 3.17. The van der Waals surface area contributed by atoms with Gasteiger partial charge in [0.25, 0.3) is 5.69 Å². The Labute approximate surface area is 96.1 Å². The van der Waals surface area contributed by atoms with E-state index in [1.165, 1.54) is 0 Å². The van der Waals surface area contributed by atoms with Crippen LogP contribution in [0.4, 0.5) is 11.4 Å². The molecule has 0 bridgehead atoms. The maximum absolute atomic E-state index is 11.0. The fraction of sp³-hybridized carbons (Fsp3) is 0.125. The molecular formula is C8H8N2O6S. The molecule has 9 heteroatoms. The minimum absolute atomic E-state index is 0.217. The van der Waals surface area contributed by atoms with E-state index in [-0.39, 0.29) is 5.69 Å². The molecule has 0 fully saturated rings. The Morgan fingerprint density at radius 3 is 2.47 bits per heavy atom. The van der Waals surface area contributed by atoms with Gasteiger partial charge in [-0.05, 0) is 6.07 Å². The SMILES string of the molecule is CS(=O)(=O)Nc1ccc([N+](=O)[O-])cc1C(=O)O. The van der Waals surface area contributed by atoms with Gasteiger partial charge < -0.3 is 5.11 Å². The van der Waals surface area contributed by atoms with Gasteiger partial charge in [-0.25, -0.2) is 13.2 Å². The molecule has 0 unspecified atom stereocenters. The summed E-state index contributed by atoms with van der Waals surface area (Å²) in [6, 6.07) is 2.83. The lowest BCUT2D eigenvalue weighted by molar-refractivity contribution is -0.384. The van der Waals surface area contributed by atoms with E-state index in [4.69, 9.17) is 5.11 Å². The van der Waals surface area contributed by atoms with Crippen molar-refractivity contribution in [2.75, 3.05) is 11.0 Å². The molecule has 0 aliphatic heterocycles. The number of nitrogens with zero attached hydrogens (tertiary/aromatic N) is 1. The Bertz CT molecular complexity index is 580. The summed E-state index contributed by atoms with van der Waals surface area (Å²) in [6.45, 7) is 0. The number of aromatic carboxylic acids is 1. The molecule has 1 aromatic rings. The molecule has 0 radical (unpaired) electrons. The quantitative estimate of drug-likeness (QED) is 0.604. The lowest BCUT2D eigenvalue weighted by atomic mass is 10.1. The number of nitro groups is 1. The number of nitrogens with one attached hydrogen (secondary N) is 1. The molecule has 2 N–H and O–H groups in total. The summed E-state index contributed by atoms with van der Waals surface area (Å²) in [5.74, 6) is -1.46. The second-order valence-corrected chi connectivity index (χ2v) is 4.91. The van der Waals surface area contributed by atoms with Crippen LogP contribution in [0.5, 0.6) is 0 Å². The monoisotopic (exact) mass is 260 g/mol. The van der Waals surface area contributed by atoms with Crippen LogP contribution in [0.1, 0.15) is 10.4 Å². The van der Waals surface area contributed by atoms with Gasteiger partial charge in [0.05, 0.1) is 22.4 Å². The summed E-state index contributed by atoms with van der Waals surface area (Å²) in [5, 5.41) is 19.3. The fourth-order valence-corrected chi connectivity index (χ4v) is 1.69. The van der Waals surface area contributed by atoms with Crippen molar-refractivity contribution in [1.82, 2.24) is 0 Å². The van der Waals surface area contributed by atoms with Crippen molar-refractivity contribution in [3.05, 3.63) is 33.9 Å². The van der Waals surface area contributed by atoms with E-state index in [1.807, 2.05) is 4.72 Å². The summed E-state index contributed by atoms with van der Waals surface area (Å²) in [7, 11) is -3.65. The average Bonchev–Trinajstić information content (AvgIpc) is 2.14. The summed E-state index contributed by atoms with van der Waals surface area (Å²) in [4.78, 5) is 20.5. The second kappa shape index (κ2) is 4.37. The molecule has 0 heterocycles. The molecule has 92 valence electrons. The number of hydrogen-bond acceptors (Lipinski definition) is 5. The summed E-state index contributed by atoms with van der Waals surface area (Å²) >= 11 is 0. The Kier molecular flexibility index (Phi) is 3.32. The van der Waals surface area contributed by atoms with E-state index in [0.29, 0.717) is 0 Å². The summed E-state index contributed by atoms with van der Waals surface area (Å²) in [6.07, 6.45) is 0.847. The third-order valence-corrected chi connectivity index (χ3v) is 2.33. The van der Waals surface area contributed by atoms with Gasteiger partial charge in [0.2, 0.25) is 10.0 Å². The third-order valence-electron chi connectivity index (χ3n) is 1.74. The van der Waals surface area contributed by atoms with Crippen molar-refractivity contribution in [2.24, 2.45) is 0 Å². The lowest BCUT2D eigenvalue weighted by Gasteiger charge is -2.06. The Balaban J connectivity index is 3.32. The van der Waals surface area contributed by atoms with Crippen LogP contribution in [0.25, 0.3) is 0 Å². The highest BCUT2D eigenvalue weighted by Gasteiger charge is 2.17. The number of benzene rings is 1. The van der Waals surface area contributed by atoms with E-state index in [1.54, 1.807) is 0 Å². The summed E-state index contributed by atoms with van der Waals surface area (Å²) in [5.41, 5.74) is -1.13. The van der Waals surface area contributed by atoms with Crippen molar-refractivity contribution >= 4 is 27.4 Å². The zero-order valence-corrected chi connectivity index (χ0v) is 9.39. The first-order valence-electron chi connectivity index (χ1n) is 4.20. The average molecular weight is 260 g/mol. The van der Waals surface area contributed by atoms with Crippen molar-refractivity contribution in [3.63, 3.8) is 0 Å². The first-order chi connectivity index (χ1) is 7.70. The van der Waals surface area contributed by atoms with Gasteiger partial charge >= 0.3 is 5.97 Å². The number of carboxylic acid groups (broad SMARTS) is 1. The van der Waals surface area contributed by atoms with Crippen LogP contribution in [0.2, 0.25) is 0 Å². The fourth-order valence-electron chi connectivity index (χ4n) is 1.11. The van der Waals surface area contributed by atoms with Crippen molar-refractivity contribution < 1.29 is 23.2 Å².